The summed E-state index contributed by atoms with van der Waals surface area (Å²) in [5, 5.41) is 11.0. The molecule has 0 radical (unpaired) electrons. The third-order valence-electron chi connectivity index (χ3n) is 4.86. The van der Waals surface area contributed by atoms with Gasteiger partial charge < -0.3 is 14.6 Å². The molecular weight excluding hydrogens is 496 g/mol. The number of aliphatic hydroxyl groups is 1. The normalized spacial score (nSPS) is 12.2. The number of hydrogen-bond donors (Lipinski definition) is 1. The van der Waals surface area contributed by atoms with Gasteiger partial charge in [0.15, 0.2) is 9.84 Å². The van der Waals surface area contributed by atoms with E-state index in [4.69, 9.17) is 9.47 Å². The minimum Gasteiger partial charge on any atom is -0.434 e. The Bertz CT molecular complexity index is 985. The Morgan fingerprint density at radius 3 is 2.09 bits per heavy atom. The Morgan fingerprint density at radius 1 is 0.875 bits per heavy atom. The van der Waals surface area contributed by atoms with Crippen molar-refractivity contribution in [1.82, 2.24) is 0 Å². The topological polar surface area (TPSA) is 89.9 Å². The molecule has 0 aliphatic heterocycles. The molecule has 0 bridgehead atoms. The van der Waals surface area contributed by atoms with E-state index in [0.717, 1.165) is 42.8 Å². The molecule has 2 aromatic carbocycles. The van der Waals surface area contributed by atoms with Crippen LogP contribution in [0.1, 0.15) is 36.8 Å². The standard InChI is InChI=1S/C24H29BrO6S/c1-32(28,29)21-13-11-20(12-14-21)23(22(17-26)19-9-5-4-6-10-19)18-31-24(27)30-16-8-3-2-7-15-25/h4-6,9-14,26H,2-3,7-8,15-18H2,1H3/b23-22-. The summed E-state index contributed by atoms with van der Waals surface area (Å²) in [6.45, 7) is -0.112. The number of sulfone groups is 1. The molecule has 0 aromatic heterocycles. The summed E-state index contributed by atoms with van der Waals surface area (Å²) >= 11 is 3.39. The predicted octanol–water partition coefficient (Wildman–Crippen LogP) is 5.10. The van der Waals surface area contributed by atoms with Crippen molar-refractivity contribution < 1.29 is 27.8 Å². The maximum absolute atomic E-state index is 12.1. The molecule has 6 nitrogen and oxygen atoms in total. The zero-order valence-corrected chi connectivity index (χ0v) is 20.5. The number of hydrogen-bond acceptors (Lipinski definition) is 6. The largest absolute Gasteiger partial charge is 0.508 e. The van der Waals surface area contributed by atoms with Crippen LogP contribution in [0.15, 0.2) is 59.5 Å². The molecule has 1 N–H and O–H groups in total. The first-order valence-corrected chi connectivity index (χ1v) is 13.4. The van der Waals surface area contributed by atoms with E-state index in [1.54, 1.807) is 12.1 Å². The first-order valence-electron chi connectivity index (χ1n) is 10.4. The summed E-state index contributed by atoms with van der Waals surface area (Å²) in [4.78, 5) is 12.3. The van der Waals surface area contributed by atoms with Crippen LogP contribution in [0.2, 0.25) is 0 Å². The van der Waals surface area contributed by atoms with Crippen LogP contribution in [0, 0.1) is 0 Å². The summed E-state index contributed by atoms with van der Waals surface area (Å²) in [5.74, 6) is 0. The fourth-order valence-corrected chi connectivity index (χ4v) is 4.15. The molecule has 2 aromatic rings. The van der Waals surface area contributed by atoms with E-state index in [2.05, 4.69) is 15.9 Å². The molecule has 0 spiro atoms. The van der Waals surface area contributed by atoms with E-state index in [0.29, 0.717) is 16.7 Å². The Hall–Kier alpha value is -2.16. The number of benzene rings is 2. The highest BCUT2D eigenvalue weighted by molar-refractivity contribution is 9.09. The summed E-state index contributed by atoms with van der Waals surface area (Å²) in [5.41, 5.74) is 2.59. The number of unbranched alkanes of at least 4 members (excludes halogenated alkanes) is 3. The van der Waals surface area contributed by atoms with Crippen LogP contribution in [0.5, 0.6) is 0 Å². The first-order chi connectivity index (χ1) is 15.4. The van der Waals surface area contributed by atoms with Gasteiger partial charge >= 0.3 is 6.16 Å². The molecule has 0 fully saturated rings. The van der Waals surface area contributed by atoms with Gasteiger partial charge in [-0.15, -0.1) is 0 Å². The van der Waals surface area contributed by atoms with Gasteiger partial charge in [-0.1, -0.05) is 71.2 Å². The summed E-state index contributed by atoms with van der Waals surface area (Å²) in [7, 11) is -3.34. The average Bonchev–Trinajstić information content (AvgIpc) is 2.79. The van der Waals surface area contributed by atoms with Gasteiger partial charge in [0.1, 0.15) is 6.61 Å². The van der Waals surface area contributed by atoms with E-state index in [1.807, 2.05) is 30.3 Å². The Morgan fingerprint density at radius 2 is 1.50 bits per heavy atom. The van der Waals surface area contributed by atoms with Crippen LogP contribution in [0.25, 0.3) is 11.1 Å². The molecule has 32 heavy (non-hydrogen) atoms. The molecule has 0 saturated heterocycles. The second-order valence-electron chi connectivity index (χ2n) is 7.27. The second-order valence-corrected chi connectivity index (χ2v) is 10.1. The van der Waals surface area contributed by atoms with Gasteiger partial charge in [-0.25, -0.2) is 13.2 Å². The van der Waals surface area contributed by atoms with Crippen molar-refractivity contribution in [1.29, 1.82) is 0 Å². The number of carbonyl (C=O) groups is 1. The fourth-order valence-electron chi connectivity index (χ4n) is 3.13. The molecule has 0 amide bonds. The molecular formula is C24H29BrO6S. The molecule has 0 atom stereocenters. The van der Waals surface area contributed by atoms with Crippen LogP contribution in [-0.4, -0.2) is 51.1 Å². The molecule has 2 rings (SSSR count). The smallest absolute Gasteiger partial charge is 0.434 e. The Labute approximate surface area is 198 Å². The molecule has 0 heterocycles. The number of rotatable bonds is 12. The van der Waals surface area contributed by atoms with E-state index in [-0.39, 0.29) is 24.7 Å². The third-order valence-corrected chi connectivity index (χ3v) is 6.55. The fraction of sp³-hybridized carbons (Fsp3) is 0.375. The zero-order valence-electron chi connectivity index (χ0n) is 18.1. The van der Waals surface area contributed by atoms with Crippen molar-refractivity contribution >= 4 is 43.1 Å². The Kier molecular flexibility index (Phi) is 10.9. The third kappa shape index (κ3) is 8.41. The number of carbonyl (C=O) groups excluding carboxylic acids is 1. The van der Waals surface area contributed by atoms with Crippen LogP contribution in [-0.2, 0) is 19.3 Å². The lowest BCUT2D eigenvalue weighted by atomic mass is 9.95. The summed E-state index contributed by atoms with van der Waals surface area (Å²) in [6, 6.07) is 15.5. The van der Waals surface area contributed by atoms with Crippen molar-refractivity contribution in [2.24, 2.45) is 0 Å². The van der Waals surface area contributed by atoms with Gasteiger partial charge in [0, 0.05) is 17.2 Å². The van der Waals surface area contributed by atoms with Crippen molar-refractivity contribution in [2.75, 3.05) is 31.4 Å². The summed E-state index contributed by atoms with van der Waals surface area (Å²) < 4.78 is 34.1. The van der Waals surface area contributed by atoms with Crippen LogP contribution >= 0.6 is 15.9 Å². The number of halogens is 1. The maximum Gasteiger partial charge on any atom is 0.508 e. The molecule has 0 saturated carbocycles. The van der Waals surface area contributed by atoms with Crippen LogP contribution in [0.4, 0.5) is 4.79 Å². The highest BCUT2D eigenvalue weighted by Gasteiger charge is 2.16. The van der Waals surface area contributed by atoms with Gasteiger partial charge in [0.05, 0.1) is 18.1 Å². The quantitative estimate of drug-likeness (QED) is 0.180. The molecule has 0 aliphatic carbocycles. The molecule has 0 unspecified atom stereocenters. The van der Waals surface area contributed by atoms with Crippen molar-refractivity contribution in [2.45, 2.75) is 30.6 Å². The number of alkyl halides is 1. The monoisotopic (exact) mass is 524 g/mol. The predicted molar refractivity (Wildman–Crippen MR) is 129 cm³/mol. The maximum atomic E-state index is 12.1. The van der Waals surface area contributed by atoms with Crippen molar-refractivity contribution in [3.63, 3.8) is 0 Å². The number of aliphatic hydroxyl groups excluding tert-OH is 1. The van der Waals surface area contributed by atoms with Gasteiger partial charge in [-0.2, -0.15) is 0 Å². The minimum atomic E-state index is -3.34. The lowest BCUT2D eigenvalue weighted by molar-refractivity contribution is 0.0633. The van der Waals surface area contributed by atoms with E-state index in [1.165, 1.54) is 12.1 Å². The Balaban J connectivity index is 2.18. The molecule has 174 valence electrons. The van der Waals surface area contributed by atoms with E-state index >= 15 is 0 Å². The van der Waals surface area contributed by atoms with Gasteiger partial charge in [0.2, 0.25) is 0 Å². The van der Waals surface area contributed by atoms with Gasteiger partial charge in [-0.3, -0.25) is 0 Å². The molecule has 0 aliphatic rings. The van der Waals surface area contributed by atoms with Gasteiger partial charge in [0.25, 0.3) is 0 Å². The van der Waals surface area contributed by atoms with Gasteiger partial charge in [-0.05, 0) is 41.7 Å². The van der Waals surface area contributed by atoms with Crippen molar-refractivity contribution in [3.05, 3.63) is 65.7 Å². The minimum absolute atomic E-state index is 0.120. The summed E-state index contributed by atoms with van der Waals surface area (Å²) in [6.07, 6.45) is 4.25. The average molecular weight is 525 g/mol. The van der Waals surface area contributed by atoms with Crippen LogP contribution in [0.3, 0.4) is 0 Å². The van der Waals surface area contributed by atoms with Crippen LogP contribution < -0.4 is 0 Å². The first kappa shape index (κ1) is 26.1. The van der Waals surface area contributed by atoms with E-state index < -0.39 is 16.0 Å². The lowest BCUT2D eigenvalue weighted by Gasteiger charge is -2.16. The highest BCUT2D eigenvalue weighted by Crippen LogP contribution is 2.27. The second kappa shape index (κ2) is 13.4. The lowest BCUT2D eigenvalue weighted by Crippen LogP contribution is -2.12. The highest BCUT2D eigenvalue weighted by atomic mass is 79.9. The van der Waals surface area contributed by atoms with Crippen molar-refractivity contribution in [3.8, 4) is 0 Å². The zero-order chi connectivity index (χ0) is 23.4. The number of ether oxygens (including phenoxy) is 2. The SMILES string of the molecule is CS(=O)(=O)c1ccc(/C(COC(=O)OCCCCCCBr)=C(/CO)c2ccccc2)cc1. The van der Waals surface area contributed by atoms with E-state index in [9.17, 15) is 18.3 Å². The molecule has 8 heteroatoms.